The molecule has 1 amide bonds. The van der Waals surface area contributed by atoms with Crippen molar-refractivity contribution in [3.8, 4) is 10.7 Å². The van der Waals surface area contributed by atoms with E-state index in [1.807, 2.05) is 46.4 Å². The van der Waals surface area contributed by atoms with Crippen LogP contribution in [0.25, 0.3) is 16.3 Å². The first-order valence-corrected chi connectivity index (χ1v) is 16.8. The molecule has 0 unspecified atom stereocenters. The van der Waals surface area contributed by atoms with Crippen molar-refractivity contribution in [1.29, 1.82) is 0 Å². The summed E-state index contributed by atoms with van der Waals surface area (Å²) in [5.74, 6) is 0.118. The number of aromatic nitrogens is 4. The van der Waals surface area contributed by atoms with Gasteiger partial charge in [-0.05, 0) is 73.3 Å². The van der Waals surface area contributed by atoms with Crippen molar-refractivity contribution in [3.05, 3.63) is 23.0 Å². The topological polar surface area (TPSA) is 122 Å². The van der Waals surface area contributed by atoms with Gasteiger partial charge < -0.3 is 9.64 Å². The van der Waals surface area contributed by atoms with Gasteiger partial charge in [-0.1, -0.05) is 11.3 Å². The molecule has 11 nitrogen and oxygen atoms in total. The summed E-state index contributed by atoms with van der Waals surface area (Å²) >= 11 is 0.787. The van der Waals surface area contributed by atoms with Crippen molar-refractivity contribution in [2.45, 2.75) is 108 Å². The first kappa shape index (κ1) is 30.1. The molecule has 3 fully saturated rings. The van der Waals surface area contributed by atoms with Crippen LogP contribution in [-0.2, 0) is 14.8 Å². The van der Waals surface area contributed by atoms with Crippen LogP contribution in [0.2, 0.25) is 0 Å². The van der Waals surface area contributed by atoms with Crippen molar-refractivity contribution in [3.63, 3.8) is 0 Å². The maximum Gasteiger partial charge on any atom is 0.410 e. The summed E-state index contributed by atoms with van der Waals surface area (Å²) in [5, 5.41) is 7.64. The first-order valence-electron chi connectivity index (χ1n) is 14.5. The average Bonchev–Trinajstić information content (AvgIpc) is 3.76. The second-order valence-corrected chi connectivity index (χ2v) is 16.0. The van der Waals surface area contributed by atoms with Crippen LogP contribution >= 0.6 is 11.3 Å². The third-order valence-corrected chi connectivity index (χ3v) is 10.6. The molecule has 3 aliphatic rings. The van der Waals surface area contributed by atoms with Gasteiger partial charge in [0.15, 0.2) is 15.7 Å². The highest BCUT2D eigenvalue weighted by Crippen LogP contribution is 2.47. The molecule has 2 saturated carbocycles. The molecule has 6 rings (SSSR count). The molecule has 3 aromatic rings. The summed E-state index contributed by atoms with van der Waals surface area (Å²) in [6, 6.07) is 1.12. The molecule has 1 N–H and O–H groups in total. The van der Waals surface area contributed by atoms with Crippen molar-refractivity contribution in [2.75, 3.05) is 18.0 Å². The number of amides is 1. The molecule has 0 radical (unpaired) electrons. The molecule has 1 saturated heterocycles. The minimum absolute atomic E-state index is 0.0394. The molecule has 4 heterocycles. The largest absolute Gasteiger partial charge is 0.444 e. The van der Waals surface area contributed by atoms with E-state index in [1.54, 1.807) is 15.4 Å². The van der Waals surface area contributed by atoms with Gasteiger partial charge in [0, 0.05) is 30.7 Å². The number of carbonyl (C=O) groups is 1. The zero-order valence-electron chi connectivity index (χ0n) is 25.1. The number of fused-ring (bicyclic) bond motifs is 1. The van der Waals surface area contributed by atoms with Crippen molar-refractivity contribution >= 4 is 38.8 Å². The molecular formula is C28H37F2N7O4S2. The Kier molecular flexibility index (Phi) is 7.24. The maximum absolute atomic E-state index is 13.7. The summed E-state index contributed by atoms with van der Waals surface area (Å²) in [5.41, 5.74) is 1.13. The Hall–Kier alpha value is -2.91. The van der Waals surface area contributed by atoms with Crippen LogP contribution in [0.3, 0.4) is 0 Å². The molecule has 234 valence electrons. The number of nitrogens with one attached hydrogen (secondary N) is 1. The van der Waals surface area contributed by atoms with Gasteiger partial charge in [0.25, 0.3) is 6.43 Å². The minimum Gasteiger partial charge on any atom is -0.444 e. The van der Waals surface area contributed by atoms with E-state index < -0.39 is 38.7 Å². The van der Waals surface area contributed by atoms with Crippen molar-refractivity contribution in [2.24, 2.45) is 0 Å². The number of carbonyl (C=O) groups excluding carboxylic acids is 1. The predicted octanol–water partition coefficient (Wildman–Crippen LogP) is 5.33. The quantitative estimate of drug-likeness (QED) is 0.369. The summed E-state index contributed by atoms with van der Waals surface area (Å²) in [6.45, 7) is 12.0. The number of piperazine rings is 1. The third kappa shape index (κ3) is 5.95. The first-order chi connectivity index (χ1) is 20.1. The number of hydrogen-bond acceptors (Lipinski definition) is 9. The molecule has 2 atom stereocenters. The average molecular weight is 638 g/mol. The third-order valence-electron chi connectivity index (χ3n) is 8.05. The highest BCUT2D eigenvalue weighted by molar-refractivity contribution is 7.89. The monoisotopic (exact) mass is 637 g/mol. The van der Waals surface area contributed by atoms with Gasteiger partial charge in [-0.3, -0.25) is 9.30 Å². The van der Waals surface area contributed by atoms with E-state index in [9.17, 15) is 22.0 Å². The molecule has 0 spiro atoms. The number of nitrogens with zero attached hydrogens (tertiary/aromatic N) is 6. The number of pyridine rings is 1. The van der Waals surface area contributed by atoms with Crippen LogP contribution in [0.5, 0.6) is 0 Å². The number of sulfonamides is 1. The highest BCUT2D eigenvalue weighted by Gasteiger charge is 2.43. The molecule has 15 heteroatoms. The van der Waals surface area contributed by atoms with Gasteiger partial charge >= 0.3 is 6.09 Å². The fourth-order valence-corrected chi connectivity index (χ4v) is 7.87. The van der Waals surface area contributed by atoms with E-state index in [4.69, 9.17) is 9.72 Å². The van der Waals surface area contributed by atoms with Gasteiger partial charge in [0.2, 0.25) is 10.0 Å². The highest BCUT2D eigenvalue weighted by atomic mass is 32.2. The Morgan fingerprint density at radius 1 is 1.16 bits per heavy atom. The number of ether oxygens (including phenoxy) is 1. The molecule has 43 heavy (non-hydrogen) atoms. The van der Waals surface area contributed by atoms with E-state index in [-0.39, 0.29) is 27.9 Å². The van der Waals surface area contributed by atoms with Crippen LogP contribution in [0.4, 0.5) is 19.3 Å². The zero-order valence-corrected chi connectivity index (χ0v) is 26.7. The smallest absolute Gasteiger partial charge is 0.410 e. The Balaban J connectivity index is 1.48. The van der Waals surface area contributed by atoms with Crippen LogP contribution in [0, 0.1) is 0 Å². The Labute approximate surface area is 253 Å². The van der Waals surface area contributed by atoms with Crippen LogP contribution in [-0.4, -0.2) is 75.3 Å². The molecule has 0 bridgehead atoms. The standard InChI is InChI=1S/C28H37F2N7O4S2/c1-15-12-35(13-16(2)37(15)26(38)41-27(3,4)5)19-11-18(43(39,40)34-28(6)9-10-28)14-36-21(20(17-7-8-17)31-23(19)36)24-32-33-25(42-24)22(29)30/h11,14-17,22,34H,7-10,12-13H2,1-6H3/t15-,16-/m0/s1. The van der Waals surface area contributed by atoms with Gasteiger partial charge in [-0.25, -0.2) is 31.7 Å². The molecular weight excluding hydrogens is 600 g/mol. The normalized spacial score (nSPS) is 22.4. The van der Waals surface area contributed by atoms with Gasteiger partial charge in [0.05, 0.1) is 23.5 Å². The van der Waals surface area contributed by atoms with E-state index in [0.29, 0.717) is 35.8 Å². The van der Waals surface area contributed by atoms with Crippen LogP contribution in [0.15, 0.2) is 17.2 Å². The van der Waals surface area contributed by atoms with Gasteiger partial charge in [-0.15, -0.1) is 10.2 Å². The number of hydrogen-bond donors (Lipinski definition) is 1. The number of halogens is 2. The Morgan fingerprint density at radius 3 is 2.35 bits per heavy atom. The van der Waals surface area contributed by atoms with E-state index in [0.717, 1.165) is 37.0 Å². The van der Waals surface area contributed by atoms with E-state index in [1.165, 1.54) is 6.20 Å². The fraction of sp³-hybridized carbons (Fsp3) is 0.643. The number of rotatable bonds is 7. The predicted molar refractivity (Wildman–Crippen MR) is 158 cm³/mol. The lowest BCUT2D eigenvalue weighted by Crippen LogP contribution is -2.59. The summed E-state index contributed by atoms with van der Waals surface area (Å²) in [4.78, 5) is 21.9. The lowest BCUT2D eigenvalue weighted by molar-refractivity contribution is 0.00567. The SMILES string of the molecule is C[C@H]1CN(c2cc(S(=O)(=O)NC3(C)CC3)cn3c(-c4nnc(C(F)F)s4)c(C4CC4)nc23)C[C@H](C)N1C(=O)OC(C)(C)C. The molecule has 2 aliphatic carbocycles. The van der Waals surface area contributed by atoms with E-state index >= 15 is 0 Å². The van der Waals surface area contributed by atoms with Crippen LogP contribution < -0.4 is 9.62 Å². The van der Waals surface area contributed by atoms with Crippen molar-refractivity contribution < 1.29 is 26.7 Å². The van der Waals surface area contributed by atoms with Crippen LogP contribution in [0.1, 0.15) is 90.3 Å². The number of alkyl halides is 2. The summed E-state index contributed by atoms with van der Waals surface area (Å²) in [6.07, 6.45) is 1.60. The van der Waals surface area contributed by atoms with E-state index in [2.05, 4.69) is 14.9 Å². The molecule has 0 aromatic carbocycles. The second kappa shape index (κ2) is 10.3. The zero-order chi connectivity index (χ0) is 31.1. The maximum atomic E-state index is 13.7. The van der Waals surface area contributed by atoms with Gasteiger partial charge in [-0.2, -0.15) is 0 Å². The Morgan fingerprint density at radius 2 is 1.81 bits per heavy atom. The minimum atomic E-state index is -3.94. The summed E-state index contributed by atoms with van der Waals surface area (Å²) in [7, 11) is -3.94. The molecule has 1 aliphatic heterocycles. The Bertz CT molecular complexity index is 1660. The summed E-state index contributed by atoms with van der Waals surface area (Å²) < 4.78 is 64.6. The second-order valence-electron chi connectivity index (χ2n) is 13.3. The number of anilines is 1. The lowest BCUT2D eigenvalue weighted by Gasteiger charge is -2.45. The molecule has 3 aromatic heterocycles. The number of imidazole rings is 1. The van der Waals surface area contributed by atoms with Gasteiger partial charge in [0.1, 0.15) is 16.2 Å². The lowest BCUT2D eigenvalue weighted by atomic mass is 10.1. The van der Waals surface area contributed by atoms with Crippen molar-refractivity contribution in [1.82, 2.24) is 29.2 Å². The fourth-order valence-electron chi connectivity index (χ4n) is 5.64.